The zero-order chi connectivity index (χ0) is 22.7. The first-order valence-corrected chi connectivity index (χ1v) is 10.3. The average molecular weight is 436 g/mol. The first-order chi connectivity index (χ1) is 15.5. The fraction of sp³-hybridized carbons (Fsp3) is 0.318. The summed E-state index contributed by atoms with van der Waals surface area (Å²) >= 11 is 0. The van der Waals surface area contributed by atoms with E-state index in [0.29, 0.717) is 49.3 Å². The van der Waals surface area contributed by atoms with Crippen molar-refractivity contribution in [2.24, 2.45) is 7.05 Å². The van der Waals surface area contributed by atoms with E-state index < -0.39 is 6.09 Å². The van der Waals surface area contributed by atoms with E-state index in [2.05, 4.69) is 9.97 Å². The minimum Gasteiger partial charge on any atom is -0.465 e. The zero-order valence-electron chi connectivity index (χ0n) is 17.9. The number of carbonyl (C=O) groups is 1. The molecular formula is C22H24N6O4. The van der Waals surface area contributed by atoms with Crippen LogP contribution in [0.1, 0.15) is 18.6 Å². The van der Waals surface area contributed by atoms with Crippen molar-refractivity contribution >= 4 is 17.7 Å². The van der Waals surface area contributed by atoms with E-state index in [-0.39, 0.29) is 11.7 Å². The molecule has 10 nitrogen and oxygen atoms in total. The lowest BCUT2D eigenvalue weighted by Crippen LogP contribution is -2.41. The van der Waals surface area contributed by atoms with Gasteiger partial charge in [-0.15, -0.1) is 0 Å². The molecule has 1 fully saturated rings. The van der Waals surface area contributed by atoms with Gasteiger partial charge in [0.1, 0.15) is 12.4 Å². The lowest BCUT2D eigenvalue weighted by atomic mass is 10.1. The molecule has 0 saturated carbocycles. The van der Waals surface area contributed by atoms with Crippen LogP contribution in [0.15, 0.2) is 53.7 Å². The van der Waals surface area contributed by atoms with Gasteiger partial charge in [0.25, 0.3) is 5.56 Å². The molecule has 1 amide bonds. The Hall–Kier alpha value is -3.79. The van der Waals surface area contributed by atoms with Gasteiger partial charge in [-0.05, 0) is 30.7 Å². The number of nitrogens with zero attached hydrogens (tertiary/aromatic N) is 6. The second-order valence-electron chi connectivity index (χ2n) is 7.36. The van der Waals surface area contributed by atoms with Gasteiger partial charge >= 0.3 is 6.09 Å². The molecule has 1 saturated heterocycles. The third-order valence-corrected chi connectivity index (χ3v) is 5.43. The van der Waals surface area contributed by atoms with Gasteiger partial charge in [0, 0.05) is 38.1 Å². The molecule has 166 valence electrons. The molecular weight excluding hydrogens is 412 g/mol. The summed E-state index contributed by atoms with van der Waals surface area (Å²) in [6.07, 6.45) is 1.81. The lowest BCUT2D eigenvalue weighted by molar-refractivity contribution is 0.0390. The lowest BCUT2D eigenvalue weighted by Gasteiger charge is -2.34. The summed E-state index contributed by atoms with van der Waals surface area (Å²) in [4.78, 5) is 40.0. The smallest absolute Gasteiger partial charge is 0.411 e. The molecule has 0 aliphatic carbocycles. The predicted molar refractivity (Wildman–Crippen MR) is 119 cm³/mol. The molecule has 10 heteroatoms. The Kier molecular flexibility index (Phi) is 6.13. The van der Waals surface area contributed by atoms with Crippen molar-refractivity contribution in [2.45, 2.75) is 13.0 Å². The van der Waals surface area contributed by atoms with Gasteiger partial charge < -0.3 is 14.7 Å². The Labute approximate surface area is 184 Å². The number of hydrogen-bond acceptors (Lipinski definition) is 7. The molecule has 32 heavy (non-hydrogen) atoms. The van der Waals surface area contributed by atoms with Crippen LogP contribution in [0.2, 0.25) is 0 Å². The molecule has 1 atom stereocenters. The van der Waals surface area contributed by atoms with E-state index >= 15 is 0 Å². The number of aromatic nitrogens is 4. The molecule has 0 unspecified atom stereocenters. The van der Waals surface area contributed by atoms with Gasteiger partial charge in [0.2, 0.25) is 5.95 Å². The molecule has 1 aliphatic heterocycles. The number of morpholine rings is 1. The van der Waals surface area contributed by atoms with Crippen molar-refractivity contribution in [1.82, 2.24) is 19.5 Å². The average Bonchev–Trinajstić information content (AvgIpc) is 2.82. The van der Waals surface area contributed by atoms with Crippen molar-refractivity contribution in [3.8, 4) is 11.4 Å². The predicted octanol–water partition coefficient (Wildman–Crippen LogP) is 2.32. The van der Waals surface area contributed by atoms with Crippen molar-refractivity contribution < 1.29 is 14.6 Å². The van der Waals surface area contributed by atoms with Crippen LogP contribution in [0.4, 0.5) is 16.4 Å². The van der Waals surface area contributed by atoms with Crippen molar-refractivity contribution in [2.75, 3.05) is 36.0 Å². The van der Waals surface area contributed by atoms with Crippen LogP contribution in [0.3, 0.4) is 0 Å². The highest BCUT2D eigenvalue weighted by atomic mass is 16.5. The molecule has 1 aromatic carbocycles. The van der Waals surface area contributed by atoms with Crippen LogP contribution in [0, 0.1) is 0 Å². The van der Waals surface area contributed by atoms with E-state index in [4.69, 9.17) is 9.72 Å². The summed E-state index contributed by atoms with van der Waals surface area (Å²) in [5.74, 6) is 0.541. The maximum Gasteiger partial charge on any atom is 0.411 e. The van der Waals surface area contributed by atoms with Crippen LogP contribution >= 0.6 is 0 Å². The van der Waals surface area contributed by atoms with Gasteiger partial charge in [-0.2, -0.15) is 0 Å². The topological polar surface area (TPSA) is 114 Å². The van der Waals surface area contributed by atoms with E-state index in [1.807, 2.05) is 17.0 Å². The molecule has 0 radical (unpaired) electrons. The summed E-state index contributed by atoms with van der Waals surface area (Å²) in [5.41, 5.74) is 2.43. The zero-order valence-corrected chi connectivity index (χ0v) is 17.9. The second kappa shape index (κ2) is 9.15. The number of rotatable bonds is 5. The van der Waals surface area contributed by atoms with Crippen LogP contribution in [-0.4, -0.2) is 57.0 Å². The van der Waals surface area contributed by atoms with E-state index in [1.165, 1.54) is 21.9 Å². The molecule has 1 N–H and O–H groups in total. The largest absolute Gasteiger partial charge is 0.465 e. The van der Waals surface area contributed by atoms with Gasteiger partial charge in [0.15, 0.2) is 0 Å². The second-order valence-corrected chi connectivity index (χ2v) is 7.36. The summed E-state index contributed by atoms with van der Waals surface area (Å²) < 4.78 is 7.48. The third-order valence-electron chi connectivity index (χ3n) is 5.43. The molecule has 0 spiro atoms. The van der Waals surface area contributed by atoms with Gasteiger partial charge in [-0.25, -0.2) is 19.7 Å². The van der Waals surface area contributed by atoms with Crippen molar-refractivity contribution in [3.05, 3.63) is 64.8 Å². The maximum atomic E-state index is 12.6. The summed E-state index contributed by atoms with van der Waals surface area (Å²) in [6.45, 7) is 3.71. The summed E-state index contributed by atoms with van der Waals surface area (Å²) in [6, 6.07) is 10.5. The van der Waals surface area contributed by atoms with E-state index in [9.17, 15) is 14.7 Å². The normalized spacial score (nSPS) is 16.1. The number of anilines is 2. The highest BCUT2D eigenvalue weighted by molar-refractivity contribution is 5.85. The quantitative estimate of drug-likeness (QED) is 0.648. The summed E-state index contributed by atoms with van der Waals surface area (Å²) in [5, 5.41) is 9.31. The number of hydrogen-bond donors (Lipinski definition) is 1. The van der Waals surface area contributed by atoms with E-state index in [0.717, 1.165) is 5.56 Å². The molecule has 3 heterocycles. The number of benzene rings is 1. The minimum atomic E-state index is -0.990. The number of carboxylic acid groups (broad SMARTS) is 1. The fourth-order valence-corrected chi connectivity index (χ4v) is 3.71. The number of ether oxygens (including phenoxy) is 1. The third kappa shape index (κ3) is 4.30. The molecule has 3 aromatic rings. The Bertz CT molecular complexity index is 1150. The number of amides is 1. The molecule has 2 aromatic heterocycles. The van der Waals surface area contributed by atoms with Crippen LogP contribution in [-0.2, 0) is 11.8 Å². The van der Waals surface area contributed by atoms with Gasteiger partial charge in [-0.1, -0.05) is 12.1 Å². The van der Waals surface area contributed by atoms with E-state index in [1.54, 1.807) is 38.4 Å². The van der Waals surface area contributed by atoms with Crippen molar-refractivity contribution in [1.29, 1.82) is 0 Å². The van der Waals surface area contributed by atoms with Crippen molar-refractivity contribution in [3.63, 3.8) is 0 Å². The molecule has 1 aliphatic rings. The van der Waals surface area contributed by atoms with Crippen LogP contribution in [0.5, 0.6) is 0 Å². The Morgan fingerprint density at radius 3 is 2.69 bits per heavy atom. The Morgan fingerprint density at radius 1 is 1.25 bits per heavy atom. The summed E-state index contributed by atoms with van der Waals surface area (Å²) in [7, 11) is 1.69. The standard InChI is InChI=1S/C22H24N6O4/c1-3-28(22(30)31)16-6-4-15(5-7-16)19-13-27(10-11-32-19)21-25-18(12-20(29)26(21)2)17-8-9-23-14-24-17/h4-9,12,14,19H,3,10-11,13H2,1-2H3,(H,30,31)/t19-/m1/s1. The van der Waals surface area contributed by atoms with Gasteiger partial charge in [0.05, 0.1) is 24.5 Å². The highest BCUT2D eigenvalue weighted by Crippen LogP contribution is 2.27. The highest BCUT2D eigenvalue weighted by Gasteiger charge is 2.25. The molecule has 0 bridgehead atoms. The van der Waals surface area contributed by atoms with Gasteiger partial charge in [-0.3, -0.25) is 14.3 Å². The first-order valence-electron chi connectivity index (χ1n) is 10.3. The minimum absolute atomic E-state index is 0.177. The monoisotopic (exact) mass is 436 g/mol. The Morgan fingerprint density at radius 2 is 2.03 bits per heavy atom. The molecule has 4 rings (SSSR count). The van der Waals surface area contributed by atoms with Crippen LogP contribution in [0.25, 0.3) is 11.4 Å². The SMILES string of the molecule is CCN(C(=O)O)c1ccc([C@H]2CN(c3nc(-c4ccncn4)cc(=O)n3C)CCO2)cc1. The Balaban J connectivity index is 1.59. The maximum absolute atomic E-state index is 12.6. The van der Waals surface area contributed by atoms with Crippen LogP contribution < -0.4 is 15.4 Å². The fourth-order valence-electron chi connectivity index (χ4n) is 3.71. The first kappa shape index (κ1) is 21.4.